The lowest BCUT2D eigenvalue weighted by molar-refractivity contribution is -0.140. The number of hydrogen-bond acceptors (Lipinski definition) is 7. The van der Waals surface area contributed by atoms with Gasteiger partial charge in [-0.05, 0) is 53.4 Å². The van der Waals surface area contributed by atoms with Gasteiger partial charge in [0.1, 0.15) is 28.9 Å². The van der Waals surface area contributed by atoms with E-state index in [-0.39, 0.29) is 24.9 Å². The van der Waals surface area contributed by atoms with E-state index in [1.807, 2.05) is 84.2 Å². The second-order valence-corrected chi connectivity index (χ2v) is 12.1. The molecule has 1 atom stereocenters. The molecule has 4 aromatic carbocycles. The summed E-state index contributed by atoms with van der Waals surface area (Å²) in [6.45, 7) is 4.26. The summed E-state index contributed by atoms with van der Waals surface area (Å²) in [6, 6.07) is 31.4. The molecular weight excluding hydrogens is 597 g/mol. The molecule has 0 saturated heterocycles. The molecule has 2 aromatic heterocycles. The number of anilines is 1. The lowest BCUT2D eigenvalue weighted by Crippen LogP contribution is -2.42. The van der Waals surface area contributed by atoms with Gasteiger partial charge < -0.3 is 15.0 Å². The van der Waals surface area contributed by atoms with E-state index in [1.165, 1.54) is 11.3 Å². The number of carbonyl (C=O) groups is 2. The SMILES string of the molecule is COc1ccc(NC(=O)C(c2ccc(C(C)C)cc2)N(Cc2nc(-c3ccccc3)cs2)C(=O)Cn2nnc3ccccc32)cc1. The summed E-state index contributed by atoms with van der Waals surface area (Å²) in [7, 11) is 1.59. The van der Waals surface area contributed by atoms with Crippen LogP contribution < -0.4 is 10.1 Å². The van der Waals surface area contributed by atoms with Crippen molar-refractivity contribution in [1.82, 2.24) is 24.9 Å². The van der Waals surface area contributed by atoms with Crippen molar-refractivity contribution in [2.24, 2.45) is 0 Å². The smallest absolute Gasteiger partial charge is 0.251 e. The first-order chi connectivity index (χ1) is 22.4. The molecule has 0 fully saturated rings. The summed E-state index contributed by atoms with van der Waals surface area (Å²) in [5.74, 6) is 0.341. The number of para-hydroxylation sites is 1. The van der Waals surface area contributed by atoms with E-state index in [0.29, 0.717) is 33.4 Å². The molecule has 1 unspecified atom stereocenters. The molecule has 2 heterocycles. The summed E-state index contributed by atoms with van der Waals surface area (Å²) in [5.41, 5.74) is 5.63. The van der Waals surface area contributed by atoms with Gasteiger partial charge in [-0.1, -0.05) is 85.8 Å². The van der Waals surface area contributed by atoms with Gasteiger partial charge >= 0.3 is 0 Å². The van der Waals surface area contributed by atoms with Crippen molar-refractivity contribution >= 4 is 39.9 Å². The fourth-order valence-corrected chi connectivity index (χ4v) is 6.07. The second kappa shape index (κ2) is 13.7. The highest BCUT2D eigenvalue weighted by Crippen LogP contribution is 2.30. The molecule has 0 spiro atoms. The number of amides is 2. The van der Waals surface area contributed by atoms with Gasteiger partial charge in [0, 0.05) is 16.6 Å². The summed E-state index contributed by atoms with van der Waals surface area (Å²) in [5, 5.41) is 14.2. The number of aromatic nitrogens is 4. The van der Waals surface area contributed by atoms with Crippen molar-refractivity contribution in [2.45, 2.75) is 38.9 Å². The monoisotopic (exact) mass is 630 g/mol. The summed E-state index contributed by atoms with van der Waals surface area (Å²) in [6.07, 6.45) is 0. The van der Waals surface area contributed by atoms with E-state index < -0.39 is 6.04 Å². The van der Waals surface area contributed by atoms with Gasteiger partial charge in [0.2, 0.25) is 5.91 Å². The highest BCUT2D eigenvalue weighted by atomic mass is 32.1. The molecule has 0 aliphatic rings. The van der Waals surface area contributed by atoms with Crippen LogP contribution in [-0.2, 0) is 22.7 Å². The molecule has 46 heavy (non-hydrogen) atoms. The number of rotatable bonds is 11. The number of ether oxygens (including phenoxy) is 1. The maximum Gasteiger partial charge on any atom is 0.251 e. The van der Waals surface area contributed by atoms with Crippen LogP contribution in [0.25, 0.3) is 22.3 Å². The molecule has 2 amide bonds. The topological polar surface area (TPSA) is 102 Å². The normalized spacial score (nSPS) is 11.8. The predicted octanol–water partition coefficient (Wildman–Crippen LogP) is 7.10. The zero-order valence-electron chi connectivity index (χ0n) is 25.8. The number of hydrogen-bond donors (Lipinski definition) is 1. The van der Waals surface area contributed by atoms with E-state index in [9.17, 15) is 9.59 Å². The minimum Gasteiger partial charge on any atom is -0.497 e. The molecule has 0 saturated carbocycles. The van der Waals surface area contributed by atoms with Crippen LogP contribution in [0.15, 0.2) is 109 Å². The maximum atomic E-state index is 14.4. The van der Waals surface area contributed by atoms with Crippen molar-refractivity contribution in [3.63, 3.8) is 0 Å². The first-order valence-corrected chi connectivity index (χ1v) is 15.9. The van der Waals surface area contributed by atoms with Crippen LogP contribution in [0.2, 0.25) is 0 Å². The van der Waals surface area contributed by atoms with E-state index in [1.54, 1.807) is 41.0 Å². The number of nitrogens with zero attached hydrogens (tertiary/aromatic N) is 5. The lowest BCUT2D eigenvalue weighted by atomic mass is 9.97. The third-order valence-corrected chi connectivity index (χ3v) is 8.62. The molecule has 6 aromatic rings. The zero-order valence-corrected chi connectivity index (χ0v) is 26.6. The Morgan fingerprint density at radius 2 is 1.59 bits per heavy atom. The van der Waals surface area contributed by atoms with Gasteiger partial charge in [-0.3, -0.25) is 9.59 Å². The molecule has 6 rings (SSSR count). The van der Waals surface area contributed by atoms with Crippen LogP contribution in [0.1, 0.15) is 41.9 Å². The zero-order chi connectivity index (χ0) is 32.0. The molecule has 10 heteroatoms. The quantitative estimate of drug-likeness (QED) is 0.164. The van der Waals surface area contributed by atoms with E-state index >= 15 is 0 Å². The molecule has 9 nitrogen and oxygen atoms in total. The first-order valence-electron chi connectivity index (χ1n) is 15.0. The molecule has 232 valence electrons. The molecule has 0 aliphatic carbocycles. The van der Waals surface area contributed by atoms with Crippen LogP contribution in [0.3, 0.4) is 0 Å². The fourth-order valence-electron chi connectivity index (χ4n) is 5.27. The number of nitrogens with one attached hydrogen (secondary N) is 1. The largest absolute Gasteiger partial charge is 0.497 e. The van der Waals surface area contributed by atoms with E-state index in [2.05, 4.69) is 29.5 Å². The predicted molar refractivity (Wildman–Crippen MR) is 181 cm³/mol. The average molecular weight is 631 g/mol. The van der Waals surface area contributed by atoms with Crippen LogP contribution in [0, 0.1) is 0 Å². The van der Waals surface area contributed by atoms with E-state index in [4.69, 9.17) is 9.72 Å². The fraction of sp³-hybridized carbons (Fsp3) is 0.194. The van der Waals surface area contributed by atoms with Gasteiger partial charge in [-0.2, -0.15) is 0 Å². The summed E-state index contributed by atoms with van der Waals surface area (Å²) in [4.78, 5) is 35.1. The summed E-state index contributed by atoms with van der Waals surface area (Å²) < 4.78 is 6.86. The Kier molecular flexibility index (Phi) is 9.16. The van der Waals surface area contributed by atoms with Crippen LogP contribution in [-0.4, -0.2) is 43.8 Å². The highest BCUT2D eigenvalue weighted by molar-refractivity contribution is 7.09. The number of methoxy groups -OCH3 is 1. The number of carbonyl (C=O) groups excluding carboxylic acids is 2. The Morgan fingerprint density at radius 1 is 0.891 bits per heavy atom. The Bertz CT molecular complexity index is 1930. The van der Waals surface area contributed by atoms with Crippen molar-refractivity contribution in [3.8, 4) is 17.0 Å². The third-order valence-electron chi connectivity index (χ3n) is 7.79. The Hall–Kier alpha value is -5.35. The Labute approximate surface area is 271 Å². The minimum atomic E-state index is -0.963. The van der Waals surface area contributed by atoms with Gasteiger partial charge in [-0.25, -0.2) is 9.67 Å². The lowest BCUT2D eigenvalue weighted by Gasteiger charge is -2.31. The maximum absolute atomic E-state index is 14.4. The van der Waals surface area contributed by atoms with E-state index in [0.717, 1.165) is 22.3 Å². The first kappa shape index (κ1) is 30.7. The Morgan fingerprint density at radius 3 is 2.30 bits per heavy atom. The van der Waals surface area contributed by atoms with Gasteiger partial charge in [0.05, 0.1) is 24.9 Å². The third kappa shape index (κ3) is 6.82. The number of benzene rings is 4. The average Bonchev–Trinajstić information content (AvgIpc) is 3.73. The standard InChI is InChI=1S/C36H34N6O3S/c1-24(2)25-13-15-27(16-14-25)35(36(44)37-28-17-19-29(45-3)20-18-28)41(21-33-38-31(23-46-33)26-9-5-4-6-10-26)34(43)22-42-32-12-8-7-11-30(32)39-40-42/h4-20,23-24,35H,21-22H2,1-3H3,(H,37,44). The second-order valence-electron chi connectivity index (χ2n) is 11.2. The highest BCUT2D eigenvalue weighted by Gasteiger charge is 2.33. The molecule has 0 bridgehead atoms. The minimum absolute atomic E-state index is 0.103. The van der Waals surface area contributed by atoms with Crippen LogP contribution in [0.5, 0.6) is 5.75 Å². The number of thiazole rings is 1. The van der Waals surface area contributed by atoms with Crippen molar-refractivity contribution in [1.29, 1.82) is 0 Å². The molecule has 0 aliphatic heterocycles. The van der Waals surface area contributed by atoms with Gasteiger partial charge in [-0.15, -0.1) is 16.4 Å². The van der Waals surface area contributed by atoms with Crippen molar-refractivity contribution in [2.75, 3.05) is 12.4 Å². The van der Waals surface area contributed by atoms with Crippen LogP contribution in [0.4, 0.5) is 5.69 Å². The van der Waals surface area contributed by atoms with Crippen molar-refractivity contribution in [3.05, 3.63) is 125 Å². The van der Waals surface area contributed by atoms with Crippen LogP contribution >= 0.6 is 11.3 Å². The molecular formula is C36H34N6O3S. The Balaban J connectivity index is 1.40. The van der Waals surface area contributed by atoms with Crippen molar-refractivity contribution < 1.29 is 14.3 Å². The molecule has 0 radical (unpaired) electrons. The van der Waals surface area contributed by atoms with Gasteiger partial charge in [0.25, 0.3) is 5.91 Å². The summed E-state index contributed by atoms with van der Waals surface area (Å²) >= 11 is 1.45. The molecule has 1 N–H and O–H groups in total. The number of fused-ring (bicyclic) bond motifs is 1. The van der Waals surface area contributed by atoms with Gasteiger partial charge in [0.15, 0.2) is 0 Å².